The molecule has 0 aromatic rings. The Bertz CT molecular complexity index is 154. The van der Waals surface area contributed by atoms with Gasteiger partial charge in [0.2, 0.25) is 0 Å². The van der Waals surface area contributed by atoms with Gasteiger partial charge in [0.25, 0.3) is 0 Å². The minimum atomic E-state index is -0.514. The van der Waals surface area contributed by atoms with Crippen molar-refractivity contribution in [2.45, 2.75) is 25.4 Å². The summed E-state index contributed by atoms with van der Waals surface area (Å²) in [6.45, 7) is 5.44. The molecular weight excluding hydrogens is 158 g/mol. The molecule has 0 saturated carbocycles. The number of rotatable bonds is 4. The summed E-state index contributed by atoms with van der Waals surface area (Å²) in [6, 6.07) is 0. The van der Waals surface area contributed by atoms with E-state index < -0.39 is 5.66 Å². The normalized spacial score (nSPS) is 15.1. The van der Waals surface area contributed by atoms with E-state index in [-0.39, 0.29) is 5.11 Å². The lowest BCUT2D eigenvalue weighted by Crippen LogP contribution is -2.54. The van der Waals surface area contributed by atoms with Crippen LogP contribution in [0, 0.1) is 0 Å². The van der Waals surface area contributed by atoms with E-state index in [4.69, 9.17) is 11.5 Å². The lowest BCUT2D eigenvalue weighted by molar-refractivity contribution is 0.406. The van der Waals surface area contributed by atoms with Crippen molar-refractivity contribution in [2.24, 2.45) is 11.5 Å². The van der Waals surface area contributed by atoms with Crippen LogP contribution in [0.1, 0.15) is 19.8 Å². The monoisotopic (exact) mass is 173 g/mol. The van der Waals surface area contributed by atoms with E-state index in [1.165, 1.54) is 0 Å². The van der Waals surface area contributed by atoms with Crippen LogP contribution in [0.4, 0.5) is 0 Å². The Hall–Kier alpha value is -0.610. The van der Waals surface area contributed by atoms with Gasteiger partial charge in [-0.1, -0.05) is 6.08 Å². The zero-order chi connectivity index (χ0) is 8.91. The molecule has 5 N–H and O–H groups in total. The molecular formula is C7H15N3S. The van der Waals surface area contributed by atoms with Crippen LogP contribution in [0.5, 0.6) is 0 Å². The Morgan fingerprint density at radius 3 is 2.73 bits per heavy atom. The third-order valence-electron chi connectivity index (χ3n) is 1.28. The van der Waals surface area contributed by atoms with E-state index in [2.05, 4.69) is 24.1 Å². The van der Waals surface area contributed by atoms with E-state index in [1.54, 1.807) is 0 Å². The molecule has 4 heteroatoms. The fourth-order valence-electron chi connectivity index (χ4n) is 0.746. The lowest BCUT2D eigenvalue weighted by atomic mass is 10.1. The van der Waals surface area contributed by atoms with Gasteiger partial charge >= 0.3 is 0 Å². The summed E-state index contributed by atoms with van der Waals surface area (Å²) < 4.78 is 0. The first kappa shape index (κ1) is 10.4. The van der Waals surface area contributed by atoms with Crippen LogP contribution in [0.2, 0.25) is 0 Å². The minimum Gasteiger partial charge on any atom is -0.376 e. The van der Waals surface area contributed by atoms with Gasteiger partial charge in [-0.15, -0.1) is 6.58 Å². The molecule has 1 unspecified atom stereocenters. The molecule has 1 atom stereocenters. The van der Waals surface area contributed by atoms with Crippen molar-refractivity contribution in [1.29, 1.82) is 0 Å². The maximum atomic E-state index is 5.78. The first-order valence-corrected chi connectivity index (χ1v) is 3.86. The number of nitrogens with two attached hydrogens (primary N) is 2. The Labute approximate surface area is 72.8 Å². The first-order chi connectivity index (χ1) is 4.98. The second kappa shape index (κ2) is 4.31. The lowest BCUT2D eigenvalue weighted by Gasteiger charge is -2.25. The van der Waals surface area contributed by atoms with Crippen molar-refractivity contribution in [1.82, 2.24) is 5.32 Å². The molecule has 0 aliphatic heterocycles. The first-order valence-electron chi connectivity index (χ1n) is 3.45. The van der Waals surface area contributed by atoms with Gasteiger partial charge in [-0.05, 0) is 32.0 Å². The summed E-state index contributed by atoms with van der Waals surface area (Å²) in [5.41, 5.74) is 10.5. The Balaban J connectivity index is 3.78. The maximum Gasteiger partial charge on any atom is 0.165 e. The van der Waals surface area contributed by atoms with Crippen molar-refractivity contribution >= 4 is 17.3 Å². The Kier molecular flexibility index (Phi) is 4.07. The van der Waals surface area contributed by atoms with Gasteiger partial charge in [-0.25, -0.2) is 0 Å². The zero-order valence-electron chi connectivity index (χ0n) is 6.76. The number of hydrogen-bond donors (Lipinski definition) is 3. The molecule has 0 aromatic heterocycles. The van der Waals surface area contributed by atoms with Gasteiger partial charge in [0.15, 0.2) is 5.11 Å². The van der Waals surface area contributed by atoms with Crippen LogP contribution in [-0.2, 0) is 0 Å². The molecule has 3 nitrogen and oxygen atoms in total. The highest BCUT2D eigenvalue weighted by atomic mass is 32.1. The molecule has 0 amide bonds. The molecule has 0 aliphatic carbocycles. The average molecular weight is 173 g/mol. The standard InChI is InChI=1S/C7H15N3S/c1-3-4-5-7(2,9)10-6(8)11/h3H,1,4-5,9H2,2H3,(H3,8,10,11). The summed E-state index contributed by atoms with van der Waals surface area (Å²) >= 11 is 4.65. The second-order valence-corrected chi connectivity index (χ2v) is 3.17. The van der Waals surface area contributed by atoms with Crippen molar-refractivity contribution in [3.8, 4) is 0 Å². The number of nitrogens with one attached hydrogen (secondary N) is 1. The van der Waals surface area contributed by atoms with E-state index in [9.17, 15) is 0 Å². The van der Waals surface area contributed by atoms with Crippen LogP contribution in [0.25, 0.3) is 0 Å². The van der Waals surface area contributed by atoms with Gasteiger partial charge in [0.05, 0.1) is 5.66 Å². The summed E-state index contributed by atoms with van der Waals surface area (Å²) in [5.74, 6) is 0. The van der Waals surface area contributed by atoms with Gasteiger partial charge in [0.1, 0.15) is 0 Å². The maximum absolute atomic E-state index is 5.78. The minimum absolute atomic E-state index is 0.235. The number of thiocarbonyl (C=S) groups is 1. The zero-order valence-corrected chi connectivity index (χ0v) is 7.58. The predicted octanol–water partition coefficient (Wildman–Crippen LogP) is 0.461. The van der Waals surface area contributed by atoms with Crippen LogP contribution < -0.4 is 16.8 Å². The molecule has 0 spiro atoms. The van der Waals surface area contributed by atoms with E-state index in [1.807, 2.05) is 13.0 Å². The molecule has 11 heavy (non-hydrogen) atoms. The highest BCUT2D eigenvalue weighted by Crippen LogP contribution is 2.04. The molecule has 0 aliphatic rings. The van der Waals surface area contributed by atoms with Crippen LogP contribution in [0.15, 0.2) is 12.7 Å². The van der Waals surface area contributed by atoms with Crippen molar-refractivity contribution in [2.75, 3.05) is 0 Å². The molecule has 0 fully saturated rings. The molecule has 64 valence electrons. The molecule has 0 heterocycles. The van der Waals surface area contributed by atoms with Gasteiger partial charge < -0.3 is 16.8 Å². The highest BCUT2D eigenvalue weighted by molar-refractivity contribution is 7.80. The quantitative estimate of drug-likeness (QED) is 0.328. The molecule has 0 radical (unpaired) electrons. The third kappa shape index (κ3) is 5.82. The summed E-state index contributed by atoms with van der Waals surface area (Å²) in [7, 11) is 0. The van der Waals surface area contributed by atoms with Crippen LogP contribution in [-0.4, -0.2) is 10.8 Å². The van der Waals surface area contributed by atoms with E-state index >= 15 is 0 Å². The summed E-state index contributed by atoms with van der Waals surface area (Å²) in [4.78, 5) is 0. The van der Waals surface area contributed by atoms with Gasteiger partial charge in [0, 0.05) is 0 Å². The third-order valence-corrected chi connectivity index (χ3v) is 1.38. The van der Waals surface area contributed by atoms with Crippen molar-refractivity contribution < 1.29 is 0 Å². The number of allylic oxidation sites excluding steroid dienone is 1. The summed E-state index contributed by atoms with van der Waals surface area (Å²) in [6.07, 6.45) is 3.43. The largest absolute Gasteiger partial charge is 0.376 e. The van der Waals surface area contributed by atoms with Gasteiger partial charge in [-0.3, -0.25) is 0 Å². The highest BCUT2D eigenvalue weighted by Gasteiger charge is 2.16. The molecule has 0 aromatic carbocycles. The second-order valence-electron chi connectivity index (χ2n) is 2.73. The molecule has 0 saturated heterocycles. The van der Waals surface area contributed by atoms with E-state index in [0.717, 1.165) is 12.8 Å². The average Bonchev–Trinajstić information content (AvgIpc) is 1.81. The number of hydrogen-bond acceptors (Lipinski definition) is 2. The van der Waals surface area contributed by atoms with Crippen LogP contribution >= 0.6 is 12.2 Å². The predicted molar refractivity (Wildman–Crippen MR) is 51.9 cm³/mol. The van der Waals surface area contributed by atoms with Crippen LogP contribution in [0.3, 0.4) is 0 Å². The van der Waals surface area contributed by atoms with E-state index in [0.29, 0.717) is 0 Å². The fourth-order valence-corrected chi connectivity index (χ4v) is 0.979. The van der Waals surface area contributed by atoms with Crippen molar-refractivity contribution in [3.63, 3.8) is 0 Å². The smallest absolute Gasteiger partial charge is 0.165 e. The molecule has 0 bridgehead atoms. The van der Waals surface area contributed by atoms with Crippen molar-refractivity contribution in [3.05, 3.63) is 12.7 Å². The SMILES string of the molecule is C=CCCC(C)(N)NC(N)=S. The fraction of sp³-hybridized carbons (Fsp3) is 0.571. The van der Waals surface area contributed by atoms with Gasteiger partial charge in [-0.2, -0.15) is 0 Å². The Morgan fingerprint density at radius 2 is 2.36 bits per heavy atom. The Morgan fingerprint density at radius 1 is 1.82 bits per heavy atom. The summed E-state index contributed by atoms with van der Waals surface area (Å²) in [5, 5.41) is 3.03. The molecule has 0 rings (SSSR count). The topological polar surface area (TPSA) is 64.1 Å².